The van der Waals surface area contributed by atoms with Crippen LogP contribution in [0.5, 0.6) is 5.75 Å². The molecule has 0 aliphatic carbocycles. The number of benzene rings is 1. The van der Waals surface area contributed by atoms with E-state index in [2.05, 4.69) is 4.98 Å². The summed E-state index contributed by atoms with van der Waals surface area (Å²) in [6.45, 7) is 1.18. The summed E-state index contributed by atoms with van der Waals surface area (Å²) in [6.07, 6.45) is 2.58. The van der Waals surface area contributed by atoms with Crippen molar-refractivity contribution in [3.8, 4) is 5.75 Å². The Kier molecular flexibility index (Phi) is 4.97. The number of aromatic carboxylic acids is 1. The summed E-state index contributed by atoms with van der Waals surface area (Å²) in [6, 6.07) is 7.29. The van der Waals surface area contributed by atoms with Crippen LogP contribution < -0.4 is 9.64 Å². The van der Waals surface area contributed by atoms with Crippen molar-refractivity contribution in [3.63, 3.8) is 0 Å². The highest BCUT2D eigenvalue weighted by Crippen LogP contribution is 2.42. The molecule has 7 nitrogen and oxygen atoms in total. The number of carboxylic acids is 1. The van der Waals surface area contributed by atoms with E-state index in [0.717, 1.165) is 6.42 Å². The summed E-state index contributed by atoms with van der Waals surface area (Å²) >= 11 is 0. The maximum Gasteiger partial charge on any atom is 0.354 e. The van der Waals surface area contributed by atoms with Crippen molar-refractivity contribution in [3.05, 3.63) is 59.8 Å². The van der Waals surface area contributed by atoms with E-state index in [1.807, 2.05) is 4.90 Å². The number of alkyl halides is 1. The Morgan fingerprint density at radius 2 is 2.16 bits per heavy atom. The van der Waals surface area contributed by atoms with Gasteiger partial charge in [-0.05, 0) is 30.3 Å². The second-order valence-corrected chi connectivity index (χ2v) is 7.85. The van der Waals surface area contributed by atoms with Crippen molar-refractivity contribution in [2.75, 3.05) is 24.7 Å². The normalized spacial score (nSPS) is 23.5. The van der Waals surface area contributed by atoms with E-state index in [1.165, 1.54) is 22.7 Å². The molecule has 4 heterocycles. The van der Waals surface area contributed by atoms with E-state index >= 15 is 0 Å². The fraction of sp³-hybridized carbons (Fsp3) is 0.364. The first-order valence-electron chi connectivity index (χ1n) is 10.1. The van der Waals surface area contributed by atoms with Gasteiger partial charge in [0.2, 0.25) is 0 Å². The number of fused-ring (bicyclic) bond motifs is 1. The lowest BCUT2D eigenvalue weighted by molar-refractivity contribution is 0.0689. The van der Waals surface area contributed by atoms with Crippen molar-refractivity contribution in [1.29, 1.82) is 0 Å². The van der Waals surface area contributed by atoms with E-state index in [4.69, 9.17) is 9.47 Å². The number of hydrogen-bond donors (Lipinski definition) is 1. The lowest BCUT2D eigenvalue weighted by Gasteiger charge is -2.29. The van der Waals surface area contributed by atoms with Gasteiger partial charge in [-0.1, -0.05) is 0 Å². The molecule has 1 aromatic carbocycles. The van der Waals surface area contributed by atoms with Crippen LogP contribution in [-0.4, -0.2) is 52.5 Å². The van der Waals surface area contributed by atoms with Gasteiger partial charge in [0.25, 0.3) is 0 Å². The molecule has 1 unspecified atom stereocenters. The predicted molar refractivity (Wildman–Crippen MR) is 108 cm³/mol. The van der Waals surface area contributed by atoms with Crippen molar-refractivity contribution in [1.82, 2.24) is 9.38 Å². The fourth-order valence-electron chi connectivity index (χ4n) is 4.33. The summed E-state index contributed by atoms with van der Waals surface area (Å²) < 4.78 is 41.7. The maximum atomic E-state index is 14.6. The van der Waals surface area contributed by atoms with Crippen molar-refractivity contribution in [2.24, 2.45) is 0 Å². The van der Waals surface area contributed by atoms with Gasteiger partial charge in [-0.25, -0.2) is 18.6 Å². The molecule has 2 aromatic heterocycles. The standard InChI is InChI=1S/C22H21F2N3O4/c23-13-1-3-20(31-16-5-6-30-12-16)17(7-13)18-8-14(24)10-26(18)15-2-4-21-25-9-19(22(28)29)27(21)11-15/h1-4,7,9,11,14,16,18H,5-6,8,10,12H2,(H,28,29)/t14-,16?,18+/m0/s1. The van der Waals surface area contributed by atoms with Gasteiger partial charge in [0.05, 0.1) is 31.1 Å². The Bertz CT molecular complexity index is 1130. The van der Waals surface area contributed by atoms with Crippen LogP contribution in [0, 0.1) is 5.82 Å². The third kappa shape index (κ3) is 3.69. The van der Waals surface area contributed by atoms with Gasteiger partial charge in [0, 0.05) is 31.1 Å². The zero-order valence-corrected chi connectivity index (χ0v) is 16.6. The zero-order chi connectivity index (χ0) is 21.5. The molecule has 0 amide bonds. The second-order valence-electron chi connectivity index (χ2n) is 7.85. The molecule has 2 aliphatic heterocycles. The Labute approximate surface area is 176 Å². The minimum Gasteiger partial charge on any atom is -0.488 e. The third-order valence-corrected chi connectivity index (χ3v) is 5.80. The van der Waals surface area contributed by atoms with Crippen LogP contribution in [0.25, 0.3) is 5.65 Å². The SMILES string of the molecule is O=C(O)c1cnc2ccc(N3C[C@@H](F)C[C@@H]3c3cc(F)ccc3OC3CCOC3)cn12. The molecule has 3 aromatic rings. The number of carbonyl (C=O) groups is 1. The molecule has 2 fully saturated rings. The minimum atomic E-state index is -1.12. The van der Waals surface area contributed by atoms with Crippen LogP contribution in [-0.2, 0) is 4.74 Å². The number of rotatable bonds is 5. The van der Waals surface area contributed by atoms with Crippen molar-refractivity contribution >= 4 is 17.3 Å². The predicted octanol–water partition coefficient (Wildman–Crippen LogP) is 3.63. The van der Waals surface area contributed by atoms with E-state index < -0.39 is 24.0 Å². The molecule has 9 heteroatoms. The van der Waals surface area contributed by atoms with Gasteiger partial charge in [0.15, 0.2) is 5.69 Å². The molecule has 2 saturated heterocycles. The highest BCUT2D eigenvalue weighted by Gasteiger charge is 2.36. The largest absolute Gasteiger partial charge is 0.488 e. The van der Waals surface area contributed by atoms with E-state index in [1.54, 1.807) is 24.4 Å². The lowest BCUT2D eigenvalue weighted by Crippen LogP contribution is -2.25. The summed E-state index contributed by atoms with van der Waals surface area (Å²) in [5.41, 5.74) is 1.68. The van der Waals surface area contributed by atoms with Gasteiger partial charge < -0.3 is 19.5 Å². The molecule has 0 saturated carbocycles. The molecule has 2 aliphatic rings. The first-order valence-corrected chi connectivity index (χ1v) is 10.1. The molecule has 1 N–H and O–H groups in total. The van der Waals surface area contributed by atoms with Crippen LogP contribution in [0.4, 0.5) is 14.5 Å². The Hall–Kier alpha value is -3.20. The number of imidazole rings is 1. The molecule has 5 rings (SSSR count). The van der Waals surface area contributed by atoms with Gasteiger partial charge >= 0.3 is 5.97 Å². The van der Waals surface area contributed by atoms with E-state index in [0.29, 0.717) is 35.9 Å². The zero-order valence-electron chi connectivity index (χ0n) is 16.6. The lowest BCUT2D eigenvalue weighted by atomic mass is 10.0. The highest BCUT2D eigenvalue weighted by atomic mass is 19.1. The molecule has 0 bridgehead atoms. The number of carboxylic acid groups (broad SMARTS) is 1. The summed E-state index contributed by atoms with van der Waals surface area (Å²) in [4.78, 5) is 17.4. The second kappa shape index (κ2) is 7.81. The van der Waals surface area contributed by atoms with Gasteiger partial charge in [-0.15, -0.1) is 0 Å². The van der Waals surface area contributed by atoms with Crippen molar-refractivity contribution in [2.45, 2.75) is 31.2 Å². The quantitative estimate of drug-likeness (QED) is 0.668. The number of pyridine rings is 1. The smallest absolute Gasteiger partial charge is 0.354 e. The third-order valence-electron chi connectivity index (χ3n) is 5.80. The number of hydrogen-bond acceptors (Lipinski definition) is 5. The highest BCUT2D eigenvalue weighted by molar-refractivity contribution is 5.86. The van der Waals surface area contributed by atoms with Gasteiger partial charge in [-0.2, -0.15) is 0 Å². The average molecular weight is 429 g/mol. The monoisotopic (exact) mass is 429 g/mol. The summed E-state index contributed by atoms with van der Waals surface area (Å²) in [5.74, 6) is -1.02. The number of nitrogens with zero attached hydrogens (tertiary/aromatic N) is 3. The molecule has 3 atom stereocenters. The number of halogens is 2. The van der Waals surface area contributed by atoms with Gasteiger partial charge in [-0.3, -0.25) is 4.40 Å². The first-order chi connectivity index (χ1) is 15.0. The van der Waals surface area contributed by atoms with Crippen LogP contribution in [0.2, 0.25) is 0 Å². The van der Waals surface area contributed by atoms with Gasteiger partial charge in [0.1, 0.15) is 29.5 Å². The van der Waals surface area contributed by atoms with Crippen LogP contribution >= 0.6 is 0 Å². The molecule has 162 valence electrons. The molecule has 31 heavy (non-hydrogen) atoms. The Morgan fingerprint density at radius 1 is 1.29 bits per heavy atom. The number of anilines is 1. The fourth-order valence-corrected chi connectivity index (χ4v) is 4.33. The maximum absolute atomic E-state index is 14.6. The Balaban J connectivity index is 1.53. The van der Waals surface area contributed by atoms with E-state index in [9.17, 15) is 18.7 Å². The van der Waals surface area contributed by atoms with Crippen LogP contribution in [0.3, 0.4) is 0 Å². The molecule has 0 spiro atoms. The van der Waals surface area contributed by atoms with Crippen molar-refractivity contribution < 1.29 is 28.2 Å². The molecule has 0 radical (unpaired) electrons. The summed E-state index contributed by atoms with van der Waals surface area (Å²) in [5, 5.41) is 9.40. The minimum absolute atomic E-state index is 0.0143. The molecular weight excluding hydrogens is 408 g/mol. The average Bonchev–Trinajstić information content (AvgIpc) is 3.48. The first kappa shape index (κ1) is 19.7. The summed E-state index contributed by atoms with van der Waals surface area (Å²) in [7, 11) is 0. The topological polar surface area (TPSA) is 76.3 Å². The Morgan fingerprint density at radius 3 is 2.94 bits per heavy atom. The number of ether oxygens (including phenoxy) is 2. The molecular formula is C22H21F2N3O4. The van der Waals surface area contributed by atoms with Crippen LogP contribution in [0.1, 0.15) is 34.9 Å². The number of aromatic nitrogens is 2. The van der Waals surface area contributed by atoms with E-state index in [-0.39, 0.29) is 24.8 Å². The van der Waals surface area contributed by atoms with Crippen LogP contribution in [0.15, 0.2) is 42.7 Å².